The smallest absolute Gasteiger partial charge is 0.270 e. The lowest BCUT2D eigenvalue weighted by molar-refractivity contribution is 0.103. The number of hydrogen-bond donors (Lipinski definition) is 0. The number of terminal acetylenes is 1. The van der Waals surface area contributed by atoms with Gasteiger partial charge in [0.15, 0.2) is 10.4 Å². The van der Waals surface area contributed by atoms with Crippen molar-refractivity contribution in [2.45, 2.75) is 0 Å². The van der Waals surface area contributed by atoms with Crippen LogP contribution in [0.15, 0.2) is 21.2 Å². The molecule has 0 saturated carbocycles. The van der Waals surface area contributed by atoms with E-state index in [1.165, 1.54) is 6.07 Å². The lowest BCUT2D eigenvalue weighted by Crippen LogP contribution is -1.89. The summed E-state index contributed by atoms with van der Waals surface area (Å²) < 4.78 is 5.37. The van der Waals surface area contributed by atoms with Gasteiger partial charge in [-0.1, -0.05) is 0 Å². The summed E-state index contributed by atoms with van der Waals surface area (Å²) in [6, 6.07) is 3.14. The SMILES string of the molecule is C#CC(=O)c1ccc(Br)o1. The van der Waals surface area contributed by atoms with Crippen LogP contribution >= 0.6 is 15.9 Å². The topological polar surface area (TPSA) is 30.2 Å². The number of hydrogen-bond acceptors (Lipinski definition) is 2. The number of rotatable bonds is 1. The molecule has 0 saturated heterocycles. The Hall–Kier alpha value is -1.01. The molecule has 1 aromatic heterocycles. The molecule has 0 bridgehead atoms. The lowest BCUT2D eigenvalue weighted by atomic mass is 10.3. The van der Waals surface area contributed by atoms with E-state index in [4.69, 9.17) is 10.8 Å². The molecule has 0 atom stereocenters. The monoisotopic (exact) mass is 198 g/mol. The number of halogens is 1. The van der Waals surface area contributed by atoms with Crippen molar-refractivity contribution in [1.29, 1.82) is 0 Å². The Labute approximate surface area is 66.3 Å². The van der Waals surface area contributed by atoms with Crippen LogP contribution in [0.1, 0.15) is 10.6 Å². The Bertz CT molecular complexity index is 293. The Morgan fingerprint density at radius 3 is 2.80 bits per heavy atom. The molecule has 0 amide bonds. The summed E-state index contributed by atoms with van der Waals surface area (Å²) in [6.07, 6.45) is 4.84. The van der Waals surface area contributed by atoms with E-state index in [9.17, 15) is 4.79 Å². The van der Waals surface area contributed by atoms with Crippen LogP contribution in [0.4, 0.5) is 0 Å². The molecule has 50 valence electrons. The third-order valence-corrected chi connectivity index (χ3v) is 1.35. The quantitative estimate of drug-likeness (QED) is 0.392. The Morgan fingerprint density at radius 2 is 2.40 bits per heavy atom. The third kappa shape index (κ3) is 1.28. The van der Waals surface area contributed by atoms with Gasteiger partial charge in [-0.2, -0.15) is 0 Å². The van der Waals surface area contributed by atoms with Gasteiger partial charge in [-0.25, -0.2) is 0 Å². The molecule has 1 aromatic rings. The first kappa shape index (κ1) is 7.10. The fourth-order valence-corrected chi connectivity index (χ4v) is 0.814. The van der Waals surface area contributed by atoms with Crippen molar-refractivity contribution in [2.75, 3.05) is 0 Å². The molecule has 0 unspecified atom stereocenters. The second-order valence-corrected chi connectivity index (χ2v) is 2.36. The van der Waals surface area contributed by atoms with Crippen LogP contribution in [0, 0.1) is 12.3 Å². The van der Waals surface area contributed by atoms with Crippen molar-refractivity contribution in [3.8, 4) is 12.3 Å². The normalized spacial score (nSPS) is 8.80. The zero-order chi connectivity index (χ0) is 7.56. The van der Waals surface area contributed by atoms with Gasteiger partial charge in [-0.3, -0.25) is 4.79 Å². The highest BCUT2D eigenvalue weighted by Crippen LogP contribution is 2.13. The molecule has 0 spiro atoms. The van der Waals surface area contributed by atoms with E-state index in [-0.39, 0.29) is 5.76 Å². The molecule has 3 heteroatoms. The van der Waals surface area contributed by atoms with Gasteiger partial charge < -0.3 is 4.42 Å². The van der Waals surface area contributed by atoms with Crippen LogP contribution in [0.3, 0.4) is 0 Å². The summed E-state index contributed by atoms with van der Waals surface area (Å²) >= 11 is 3.04. The van der Waals surface area contributed by atoms with Crippen molar-refractivity contribution in [1.82, 2.24) is 0 Å². The van der Waals surface area contributed by atoms with Gasteiger partial charge >= 0.3 is 0 Å². The highest BCUT2D eigenvalue weighted by atomic mass is 79.9. The standard InChI is InChI=1S/C7H3BrO2/c1-2-5(9)6-3-4-7(8)10-6/h1,3-4H. The van der Waals surface area contributed by atoms with E-state index < -0.39 is 5.78 Å². The summed E-state index contributed by atoms with van der Waals surface area (Å²) in [5.41, 5.74) is 0. The summed E-state index contributed by atoms with van der Waals surface area (Å²) in [7, 11) is 0. The third-order valence-electron chi connectivity index (χ3n) is 0.928. The molecule has 0 fully saturated rings. The second-order valence-electron chi connectivity index (χ2n) is 1.58. The number of Topliss-reactive ketones (excluding diaryl/α,β-unsaturated/α-hetero) is 1. The van der Waals surface area contributed by atoms with Crippen LogP contribution in [0.25, 0.3) is 0 Å². The van der Waals surface area contributed by atoms with Crippen LogP contribution < -0.4 is 0 Å². The predicted molar refractivity (Wildman–Crippen MR) is 39.6 cm³/mol. The first-order valence-electron chi connectivity index (χ1n) is 2.50. The highest BCUT2D eigenvalue weighted by molar-refractivity contribution is 9.10. The fraction of sp³-hybridized carbons (Fsp3) is 0. The minimum atomic E-state index is -0.439. The number of ketones is 1. The van der Waals surface area contributed by atoms with Gasteiger partial charge in [0.05, 0.1) is 0 Å². The lowest BCUT2D eigenvalue weighted by Gasteiger charge is -1.81. The largest absolute Gasteiger partial charge is 0.445 e. The molecular formula is C7H3BrO2. The minimum Gasteiger partial charge on any atom is -0.445 e. The molecular weight excluding hydrogens is 196 g/mol. The summed E-state index contributed by atoms with van der Waals surface area (Å²) in [5, 5.41) is 0. The summed E-state index contributed by atoms with van der Waals surface area (Å²) in [6.45, 7) is 0. The molecule has 0 aliphatic carbocycles. The predicted octanol–water partition coefficient (Wildman–Crippen LogP) is 1.86. The minimum absolute atomic E-state index is 0.189. The molecule has 2 nitrogen and oxygen atoms in total. The molecule has 0 radical (unpaired) electrons. The van der Waals surface area contributed by atoms with Crippen LogP contribution in [-0.2, 0) is 0 Å². The molecule has 0 aromatic carbocycles. The first-order valence-corrected chi connectivity index (χ1v) is 3.29. The van der Waals surface area contributed by atoms with E-state index in [1.807, 2.05) is 5.92 Å². The van der Waals surface area contributed by atoms with Gasteiger partial charge in [0.25, 0.3) is 5.78 Å². The maximum absolute atomic E-state index is 10.7. The number of furan rings is 1. The van der Waals surface area contributed by atoms with E-state index >= 15 is 0 Å². The molecule has 10 heavy (non-hydrogen) atoms. The van der Waals surface area contributed by atoms with Crippen molar-refractivity contribution in [2.24, 2.45) is 0 Å². The van der Waals surface area contributed by atoms with Crippen LogP contribution in [-0.4, -0.2) is 5.78 Å². The molecule has 0 aliphatic heterocycles. The van der Waals surface area contributed by atoms with Gasteiger partial charge in [0.1, 0.15) is 0 Å². The maximum atomic E-state index is 10.7. The van der Waals surface area contributed by atoms with Crippen molar-refractivity contribution in [3.05, 3.63) is 22.6 Å². The van der Waals surface area contributed by atoms with Gasteiger partial charge in [-0.05, 0) is 34.0 Å². The second kappa shape index (κ2) is 2.72. The first-order chi connectivity index (χ1) is 4.74. The maximum Gasteiger partial charge on any atom is 0.270 e. The summed E-state index contributed by atoms with van der Waals surface area (Å²) in [4.78, 5) is 10.7. The van der Waals surface area contributed by atoms with E-state index in [0.717, 1.165) is 0 Å². The molecule has 0 N–H and O–H groups in total. The molecule has 0 aliphatic rings. The van der Waals surface area contributed by atoms with E-state index in [2.05, 4.69) is 15.9 Å². The average Bonchev–Trinajstić information content (AvgIpc) is 2.34. The number of carbonyl (C=O) groups excluding carboxylic acids is 1. The van der Waals surface area contributed by atoms with Crippen LogP contribution in [0.2, 0.25) is 0 Å². The zero-order valence-corrected chi connectivity index (χ0v) is 6.51. The average molecular weight is 199 g/mol. The highest BCUT2D eigenvalue weighted by Gasteiger charge is 2.05. The molecule has 1 rings (SSSR count). The Kier molecular flexibility index (Phi) is 1.93. The zero-order valence-electron chi connectivity index (χ0n) is 4.93. The van der Waals surface area contributed by atoms with Crippen molar-refractivity contribution in [3.63, 3.8) is 0 Å². The van der Waals surface area contributed by atoms with Gasteiger partial charge in [0, 0.05) is 0 Å². The van der Waals surface area contributed by atoms with E-state index in [1.54, 1.807) is 6.07 Å². The van der Waals surface area contributed by atoms with Crippen molar-refractivity contribution >= 4 is 21.7 Å². The van der Waals surface area contributed by atoms with E-state index in [0.29, 0.717) is 4.67 Å². The Balaban J connectivity index is 2.98. The number of carbonyl (C=O) groups is 1. The fourth-order valence-electron chi connectivity index (χ4n) is 0.507. The van der Waals surface area contributed by atoms with Crippen molar-refractivity contribution < 1.29 is 9.21 Å². The molecule has 1 heterocycles. The van der Waals surface area contributed by atoms with Gasteiger partial charge in [0.2, 0.25) is 0 Å². The Morgan fingerprint density at radius 1 is 1.70 bits per heavy atom. The van der Waals surface area contributed by atoms with Crippen LogP contribution in [0.5, 0.6) is 0 Å². The van der Waals surface area contributed by atoms with Gasteiger partial charge in [-0.15, -0.1) is 6.42 Å². The summed E-state index contributed by atoms with van der Waals surface area (Å²) in [5.74, 6) is 1.69.